The largest absolute Gasteiger partial charge is 0.466 e. The van der Waals surface area contributed by atoms with Crippen molar-refractivity contribution in [3.63, 3.8) is 0 Å². The van der Waals surface area contributed by atoms with E-state index in [1.165, 1.54) is 12.5 Å². The SMILES string of the molecule is CCOC(=O)CCS(=O)/C=C/C(=O)OC. The minimum atomic E-state index is -1.35. The molecule has 15 heavy (non-hydrogen) atoms. The molecular formula is C9H14O5S. The molecule has 0 aromatic heterocycles. The third-order valence-corrected chi connectivity index (χ3v) is 2.42. The van der Waals surface area contributed by atoms with Crippen LogP contribution in [0.1, 0.15) is 13.3 Å². The summed E-state index contributed by atoms with van der Waals surface area (Å²) in [5.74, 6) is -0.816. The highest BCUT2D eigenvalue weighted by atomic mass is 32.2. The molecule has 0 fully saturated rings. The molecule has 0 rings (SSSR count). The van der Waals surface area contributed by atoms with E-state index >= 15 is 0 Å². The van der Waals surface area contributed by atoms with Crippen LogP contribution in [0.3, 0.4) is 0 Å². The Morgan fingerprint density at radius 2 is 2.07 bits per heavy atom. The van der Waals surface area contributed by atoms with Gasteiger partial charge in [0.1, 0.15) is 0 Å². The minimum absolute atomic E-state index is 0.0754. The van der Waals surface area contributed by atoms with Gasteiger partial charge in [0.25, 0.3) is 0 Å². The van der Waals surface area contributed by atoms with Crippen molar-refractivity contribution in [3.8, 4) is 0 Å². The number of methoxy groups -OCH3 is 1. The van der Waals surface area contributed by atoms with Crippen molar-refractivity contribution >= 4 is 22.7 Å². The zero-order valence-electron chi connectivity index (χ0n) is 8.73. The Morgan fingerprint density at radius 1 is 1.40 bits per heavy atom. The van der Waals surface area contributed by atoms with Gasteiger partial charge in [-0.05, 0) is 6.92 Å². The molecule has 0 aliphatic carbocycles. The molecule has 0 N–H and O–H groups in total. The van der Waals surface area contributed by atoms with E-state index in [4.69, 9.17) is 0 Å². The maximum Gasteiger partial charge on any atom is 0.331 e. The van der Waals surface area contributed by atoms with E-state index in [-0.39, 0.29) is 12.2 Å². The second-order valence-electron chi connectivity index (χ2n) is 2.47. The lowest BCUT2D eigenvalue weighted by atomic mass is 10.5. The highest BCUT2D eigenvalue weighted by molar-refractivity contribution is 7.88. The standard InChI is InChI=1S/C9H14O5S/c1-3-14-9(11)5-7-15(12)6-4-8(10)13-2/h4,6H,3,5,7H2,1-2H3/b6-4+. The topological polar surface area (TPSA) is 69.7 Å². The number of carbonyl (C=O) groups excluding carboxylic acids is 2. The number of hydrogen-bond acceptors (Lipinski definition) is 5. The maximum absolute atomic E-state index is 11.2. The van der Waals surface area contributed by atoms with Gasteiger partial charge >= 0.3 is 11.9 Å². The molecule has 0 amide bonds. The summed E-state index contributed by atoms with van der Waals surface area (Å²) < 4.78 is 20.1. The fraction of sp³-hybridized carbons (Fsp3) is 0.556. The second kappa shape index (κ2) is 8.16. The quantitative estimate of drug-likeness (QED) is 0.490. The van der Waals surface area contributed by atoms with Gasteiger partial charge in [0.2, 0.25) is 0 Å². The van der Waals surface area contributed by atoms with Crippen LogP contribution in [0.25, 0.3) is 0 Å². The van der Waals surface area contributed by atoms with Crippen molar-refractivity contribution < 1.29 is 23.3 Å². The Bertz CT molecular complexity index is 272. The number of esters is 2. The van der Waals surface area contributed by atoms with Crippen LogP contribution in [0.2, 0.25) is 0 Å². The van der Waals surface area contributed by atoms with Crippen molar-refractivity contribution in [2.75, 3.05) is 19.5 Å². The van der Waals surface area contributed by atoms with E-state index in [0.717, 1.165) is 6.08 Å². The molecule has 5 nitrogen and oxygen atoms in total. The van der Waals surface area contributed by atoms with Crippen LogP contribution in [-0.2, 0) is 29.9 Å². The molecule has 0 aliphatic heterocycles. The van der Waals surface area contributed by atoms with Gasteiger partial charge in [-0.15, -0.1) is 0 Å². The molecule has 0 aromatic rings. The van der Waals surface area contributed by atoms with E-state index in [2.05, 4.69) is 9.47 Å². The average Bonchev–Trinajstić information content (AvgIpc) is 2.23. The summed E-state index contributed by atoms with van der Waals surface area (Å²) in [4.78, 5) is 21.5. The summed E-state index contributed by atoms with van der Waals surface area (Å²) in [5, 5.41) is 1.20. The van der Waals surface area contributed by atoms with Crippen molar-refractivity contribution in [3.05, 3.63) is 11.5 Å². The molecule has 1 unspecified atom stereocenters. The molecule has 1 atom stereocenters. The lowest BCUT2D eigenvalue weighted by molar-refractivity contribution is -0.142. The predicted octanol–water partition coefficient (Wildman–Crippen LogP) is 0.375. The zero-order chi connectivity index (χ0) is 11.7. The lowest BCUT2D eigenvalue weighted by Gasteiger charge is -1.99. The molecule has 0 heterocycles. The van der Waals surface area contributed by atoms with Gasteiger partial charge in [0.15, 0.2) is 0 Å². The van der Waals surface area contributed by atoms with Crippen molar-refractivity contribution in [2.45, 2.75) is 13.3 Å². The van der Waals surface area contributed by atoms with Gasteiger partial charge in [-0.25, -0.2) is 4.79 Å². The molecule has 6 heteroatoms. The third kappa shape index (κ3) is 7.87. The van der Waals surface area contributed by atoms with Crippen LogP contribution >= 0.6 is 0 Å². The van der Waals surface area contributed by atoms with Gasteiger partial charge in [-0.1, -0.05) is 0 Å². The van der Waals surface area contributed by atoms with E-state index in [1.807, 2.05) is 0 Å². The lowest BCUT2D eigenvalue weighted by Crippen LogP contribution is -2.08. The van der Waals surface area contributed by atoms with Crippen LogP contribution in [-0.4, -0.2) is 35.6 Å². The van der Waals surface area contributed by atoms with Gasteiger partial charge in [-0.3, -0.25) is 9.00 Å². The summed E-state index contributed by atoms with van der Waals surface area (Å²) >= 11 is 0. The first-order valence-electron chi connectivity index (χ1n) is 4.39. The second-order valence-corrected chi connectivity index (χ2v) is 3.91. The maximum atomic E-state index is 11.2. The highest BCUT2D eigenvalue weighted by Gasteiger charge is 2.04. The van der Waals surface area contributed by atoms with E-state index in [9.17, 15) is 13.8 Å². The summed E-state index contributed by atoms with van der Waals surface area (Å²) in [5.41, 5.74) is 0. The zero-order valence-corrected chi connectivity index (χ0v) is 9.54. The number of carbonyl (C=O) groups is 2. The first-order valence-corrected chi connectivity index (χ1v) is 5.77. The summed E-state index contributed by atoms with van der Waals surface area (Å²) in [6, 6.07) is 0. The monoisotopic (exact) mass is 234 g/mol. The molecule has 0 bridgehead atoms. The first-order chi connectivity index (χ1) is 7.10. The van der Waals surface area contributed by atoms with Crippen LogP contribution < -0.4 is 0 Å². The molecule has 0 radical (unpaired) electrons. The van der Waals surface area contributed by atoms with Crippen LogP contribution in [0, 0.1) is 0 Å². The van der Waals surface area contributed by atoms with E-state index in [0.29, 0.717) is 6.61 Å². The van der Waals surface area contributed by atoms with Crippen molar-refractivity contribution in [1.82, 2.24) is 0 Å². The summed E-state index contributed by atoms with van der Waals surface area (Å²) in [6.45, 7) is 2.01. The fourth-order valence-electron chi connectivity index (χ4n) is 0.685. The Hall–Kier alpha value is -1.17. The van der Waals surface area contributed by atoms with E-state index < -0.39 is 22.7 Å². The fourth-order valence-corrected chi connectivity index (χ4v) is 1.45. The van der Waals surface area contributed by atoms with Gasteiger partial charge in [0.05, 0.1) is 20.1 Å². The third-order valence-electron chi connectivity index (χ3n) is 1.37. The Morgan fingerprint density at radius 3 is 2.60 bits per heavy atom. The van der Waals surface area contributed by atoms with Crippen LogP contribution in [0.5, 0.6) is 0 Å². The van der Waals surface area contributed by atoms with E-state index in [1.54, 1.807) is 6.92 Å². The Balaban J connectivity index is 3.80. The van der Waals surface area contributed by atoms with Gasteiger partial charge in [-0.2, -0.15) is 0 Å². The molecule has 86 valence electrons. The Labute approximate surface area is 90.9 Å². The number of hydrogen-bond donors (Lipinski definition) is 0. The van der Waals surface area contributed by atoms with Crippen molar-refractivity contribution in [2.24, 2.45) is 0 Å². The minimum Gasteiger partial charge on any atom is -0.466 e. The Kier molecular flexibility index (Phi) is 7.53. The number of rotatable bonds is 6. The molecule has 0 aromatic carbocycles. The first kappa shape index (κ1) is 13.8. The summed E-state index contributed by atoms with van der Waals surface area (Å²) in [7, 11) is -0.118. The van der Waals surface area contributed by atoms with Gasteiger partial charge < -0.3 is 9.47 Å². The molecule has 0 aliphatic rings. The highest BCUT2D eigenvalue weighted by Crippen LogP contribution is 1.93. The van der Waals surface area contributed by atoms with Gasteiger partial charge in [0, 0.05) is 28.0 Å². The smallest absolute Gasteiger partial charge is 0.331 e. The number of ether oxygens (including phenoxy) is 2. The summed E-state index contributed by atoms with van der Waals surface area (Å²) in [6.07, 6.45) is 1.15. The average molecular weight is 234 g/mol. The predicted molar refractivity (Wildman–Crippen MR) is 55.4 cm³/mol. The molecule has 0 saturated heterocycles. The van der Waals surface area contributed by atoms with Crippen molar-refractivity contribution in [1.29, 1.82) is 0 Å². The van der Waals surface area contributed by atoms with Crippen LogP contribution in [0.4, 0.5) is 0 Å². The molecule has 0 saturated carbocycles. The normalized spacial score (nSPS) is 12.4. The molecule has 0 spiro atoms. The van der Waals surface area contributed by atoms with Crippen LogP contribution in [0.15, 0.2) is 11.5 Å². The molecular weight excluding hydrogens is 220 g/mol.